The summed E-state index contributed by atoms with van der Waals surface area (Å²) in [6.45, 7) is 0. The molecule has 9 nitrogen and oxygen atoms in total. The fourth-order valence-corrected chi connectivity index (χ4v) is 2.67. The first-order valence-electron chi connectivity index (χ1n) is 7.22. The van der Waals surface area contributed by atoms with E-state index in [-0.39, 0.29) is 34.3 Å². The number of aromatic nitrogens is 4. The molecule has 0 aliphatic heterocycles. The molecule has 3 aromatic rings. The van der Waals surface area contributed by atoms with Gasteiger partial charge in [0.2, 0.25) is 5.88 Å². The molecule has 0 aliphatic carbocycles. The van der Waals surface area contributed by atoms with E-state index in [0.717, 1.165) is 6.07 Å². The van der Waals surface area contributed by atoms with Crippen molar-refractivity contribution in [2.24, 2.45) is 0 Å². The molecule has 1 N–H and O–H groups in total. The van der Waals surface area contributed by atoms with Gasteiger partial charge in [-0.15, -0.1) is 4.98 Å². The van der Waals surface area contributed by atoms with Gasteiger partial charge in [-0.3, -0.25) is 0 Å². The van der Waals surface area contributed by atoms with Crippen LogP contribution in [0.4, 0.5) is 17.6 Å². The highest BCUT2D eigenvalue weighted by Gasteiger charge is 2.49. The van der Waals surface area contributed by atoms with Gasteiger partial charge in [-0.05, 0) is 6.07 Å². The van der Waals surface area contributed by atoms with Gasteiger partial charge in [-0.2, -0.15) is 31.6 Å². The van der Waals surface area contributed by atoms with Gasteiger partial charge in [0.25, 0.3) is 0 Å². The van der Waals surface area contributed by atoms with E-state index in [2.05, 4.69) is 24.1 Å². The fourth-order valence-electron chi connectivity index (χ4n) is 2.23. The van der Waals surface area contributed by atoms with Crippen molar-refractivity contribution in [3.8, 4) is 29.3 Å². The lowest BCUT2D eigenvalue weighted by Crippen LogP contribution is -2.28. The Labute approximate surface area is 154 Å². The Morgan fingerprint density at radius 3 is 2.18 bits per heavy atom. The van der Waals surface area contributed by atoms with Crippen LogP contribution >= 0.6 is 0 Å². The normalized spacial score (nSPS) is 12.2. The van der Waals surface area contributed by atoms with Crippen molar-refractivity contribution in [2.45, 2.75) is 5.51 Å². The number of methoxy groups -OCH3 is 2. The van der Waals surface area contributed by atoms with Crippen LogP contribution in [-0.4, -0.2) is 48.1 Å². The Hall–Kier alpha value is -3.16. The number of aromatic amines is 1. The molecule has 0 aliphatic rings. The molecule has 0 spiro atoms. The largest absolute Gasteiger partial charge is 0.534 e. The van der Waals surface area contributed by atoms with Gasteiger partial charge in [0.05, 0.1) is 25.3 Å². The number of H-pyrrole nitrogens is 1. The minimum atomic E-state index is -6.06. The first-order valence-corrected chi connectivity index (χ1v) is 8.63. The Morgan fingerprint density at radius 2 is 1.64 bits per heavy atom. The van der Waals surface area contributed by atoms with Crippen molar-refractivity contribution < 1.29 is 39.6 Å². The summed E-state index contributed by atoms with van der Waals surface area (Å²) >= 11 is 0. The van der Waals surface area contributed by atoms with Crippen molar-refractivity contribution in [2.75, 3.05) is 14.2 Å². The van der Waals surface area contributed by atoms with Crippen molar-refractivity contribution >= 4 is 21.0 Å². The lowest BCUT2D eigenvalue weighted by atomic mass is 10.1. The summed E-state index contributed by atoms with van der Waals surface area (Å²) in [5, 5.41) is -0.0392. The summed E-state index contributed by atoms with van der Waals surface area (Å²) in [5.41, 5.74) is -6.39. The molecule has 0 bridgehead atoms. The molecule has 0 amide bonds. The van der Waals surface area contributed by atoms with Crippen molar-refractivity contribution in [1.82, 2.24) is 19.9 Å². The first-order chi connectivity index (χ1) is 13.1. The maximum atomic E-state index is 14.1. The average Bonchev–Trinajstić information content (AvgIpc) is 2.99. The molecule has 0 saturated heterocycles. The average molecular weight is 422 g/mol. The highest BCUT2D eigenvalue weighted by Crippen LogP contribution is 2.39. The van der Waals surface area contributed by atoms with Crippen LogP contribution in [0.3, 0.4) is 0 Å². The fraction of sp³-hybridized carbons (Fsp3) is 0.214. The summed E-state index contributed by atoms with van der Waals surface area (Å²) in [6, 6.07) is 3.01. The molecule has 28 heavy (non-hydrogen) atoms. The number of rotatable bonds is 5. The molecule has 0 fully saturated rings. The second kappa shape index (κ2) is 6.78. The van der Waals surface area contributed by atoms with Crippen molar-refractivity contribution in [3.05, 3.63) is 24.0 Å². The molecule has 2 aromatic heterocycles. The molecule has 0 atom stereocenters. The summed E-state index contributed by atoms with van der Waals surface area (Å²) < 4.78 is 89.1. The lowest BCUT2D eigenvalue weighted by Gasteiger charge is -2.10. The van der Waals surface area contributed by atoms with Crippen LogP contribution in [0.5, 0.6) is 17.9 Å². The number of para-hydroxylation sites is 1. The van der Waals surface area contributed by atoms with Gasteiger partial charge < -0.3 is 18.6 Å². The molecule has 1 aromatic carbocycles. The van der Waals surface area contributed by atoms with Gasteiger partial charge in [-0.25, -0.2) is 4.39 Å². The molecule has 0 saturated carbocycles. The third-order valence-corrected chi connectivity index (χ3v) is 4.36. The number of hydrogen-bond donors (Lipinski definition) is 1. The zero-order chi connectivity index (χ0) is 20.7. The van der Waals surface area contributed by atoms with E-state index < -0.39 is 27.3 Å². The lowest BCUT2D eigenvalue weighted by molar-refractivity contribution is -0.0501. The molecule has 150 valence electrons. The maximum absolute atomic E-state index is 14.1. The zero-order valence-corrected chi connectivity index (χ0v) is 14.9. The number of hydrogen-bond acceptors (Lipinski definition) is 8. The van der Waals surface area contributed by atoms with E-state index >= 15 is 0 Å². The standard InChI is InChI=1S/C14H10F4N4O5S/c1-25-12-20-10(21-13(22-12)26-2)8-6-4-3-5-7(15)9(6)19-11(8)27-28(23,24)14(16,17)18/h3-5,19H,1-2H3. The van der Waals surface area contributed by atoms with E-state index in [4.69, 9.17) is 9.47 Å². The van der Waals surface area contributed by atoms with E-state index in [1.165, 1.54) is 26.4 Å². The Morgan fingerprint density at radius 1 is 1.04 bits per heavy atom. The predicted molar refractivity (Wildman–Crippen MR) is 85.8 cm³/mol. The minimum absolute atomic E-state index is 0.0392. The molecule has 14 heteroatoms. The molecule has 2 heterocycles. The van der Waals surface area contributed by atoms with Crippen LogP contribution in [0.15, 0.2) is 18.2 Å². The molecule has 3 rings (SSSR count). The third kappa shape index (κ3) is 3.37. The number of alkyl halides is 3. The molecule has 0 unspecified atom stereocenters. The van der Waals surface area contributed by atoms with Crippen LogP contribution < -0.4 is 13.7 Å². The van der Waals surface area contributed by atoms with Gasteiger partial charge in [-0.1, -0.05) is 12.1 Å². The Bertz CT molecular complexity index is 1120. The van der Waals surface area contributed by atoms with E-state index in [1.807, 2.05) is 0 Å². The number of fused-ring (bicyclic) bond motifs is 1. The van der Waals surface area contributed by atoms with E-state index in [1.54, 1.807) is 0 Å². The number of ether oxygens (including phenoxy) is 2. The minimum Gasteiger partial charge on any atom is -0.467 e. The van der Waals surface area contributed by atoms with Crippen LogP contribution in [0, 0.1) is 5.82 Å². The Balaban J connectivity index is 2.31. The van der Waals surface area contributed by atoms with E-state index in [9.17, 15) is 26.0 Å². The van der Waals surface area contributed by atoms with Gasteiger partial charge in [0.15, 0.2) is 5.82 Å². The zero-order valence-electron chi connectivity index (χ0n) is 14.0. The number of halogens is 4. The SMILES string of the molecule is COc1nc(OC)nc(-c2c(OS(=O)(=O)C(F)(F)F)[nH]c3c(F)cccc23)n1. The molecular formula is C14H10F4N4O5S. The van der Waals surface area contributed by atoms with Gasteiger partial charge in [0.1, 0.15) is 5.82 Å². The smallest absolute Gasteiger partial charge is 0.467 e. The van der Waals surface area contributed by atoms with Gasteiger partial charge >= 0.3 is 27.6 Å². The van der Waals surface area contributed by atoms with Crippen LogP contribution in [0.2, 0.25) is 0 Å². The van der Waals surface area contributed by atoms with Crippen molar-refractivity contribution in [3.63, 3.8) is 0 Å². The predicted octanol–water partition coefficient (Wildman–Crippen LogP) is 2.40. The van der Waals surface area contributed by atoms with Crippen LogP contribution in [0.1, 0.15) is 0 Å². The van der Waals surface area contributed by atoms with Gasteiger partial charge in [0, 0.05) is 5.39 Å². The van der Waals surface area contributed by atoms with Crippen LogP contribution in [0.25, 0.3) is 22.3 Å². The number of nitrogens with one attached hydrogen (secondary N) is 1. The highest BCUT2D eigenvalue weighted by atomic mass is 32.2. The second-order valence-corrected chi connectivity index (χ2v) is 6.64. The first kappa shape index (κ1) is 19.6. The number of benzene rings is 1. The topological polar surface area (TPSA) is 116 Å². The van der Waals surface area contributed by atoms with E-state index in [0.29, 0.717) is 0 Å². The van der Waals surface area contributed by atoms with Crippen molar-refractivity contribution in [1.29, 1.82) is 0 Å². The molecular weight excluding hydrogens is 412 g/mol. The summed E-state index contributed by atoms with van der Waals surface area (Å²) in [6.07, 6.45) is 0. The third-order valence-electron chi connectivity index (χ3n) is 3.41. The number of nitrogens with zero attached hydrogens (tertiary/aromatic N) is 3. The summed E-state index contributed by atoms with van der Waals surface area (Å²) in [7, 11) is -3.65. The quantitative estimate of drug-likeness (QED) is 0.379. The second-order valence-electron chi connectivity index (χ2n) is 5.11. The summed E-state index contributed by atoms with van der Waals surface area (Å²) in [4.78, 5) is 13.6. The monoisotopic (exact) mass is 422 g/mol. The maximum Gasteiger partial charge on any atom is 0.534 e. The van der Waals surface area contributed by atoms with Crippen LogP contribution in [-0.2, 0) is 10.1 Å². The highest BCUT2D eigenvalue weighted by molar-refractivity contribution is 7.88. The molecule has 0 radical (unpaired) electrons. The summed E-state index contributed by atoms with van der Waals surface area (Å²) in [5.74, 6) is -2.17. The Kier molecular flexibility index (Phi) is 4.74.